The second-order valence-electron chi connectivity index (χ2n) is 4.01. The summed E-state index contributed by atoms with van der Waals surface area (Å²) in [5.41, 5.74) is -3.38. The number of hydrogen-bond donors (Lipinski definition) is 1. The minimum absolute atomic E-state index is 0.406. The van der Waals surface area contributed by atoms with Crippen molar-refractivity contribution in [3.63, 3.8) is 0 Å². The Labute approximate surface area is 91.9 Å². The zero-order valence-electron chi connectivity index (χ0n) is 9.39. The SMILES string of the molecule is C=C(CC(C)(O)C(F)(F)F)C(=O)OC(C)C. The second kappa shape index (κ2) is 4.86. The number of hydrogen-bond acceptors (Lipinski definition) is 3. The molecule has 0 aliphatic carbocycles. The van der Waals surface area contributed by atoms with E-state index in [1.807, 2.05) is 0 Å². The number of esters is 1. The zero-order valence-corrected chi connectivity index (χ0v) is 9.39. The van der Waals surface area contributed by atoms with E-state index in [0.29, 0.717) is 6.92 Å². The van der Waals surface area contributed by atoms with Gasteiger partial charge in [0.15, 0.2) is 5.60 Å². The molecule has 6 heteroatoms. The zero-order chi connectivity index (χ0) is 13.1. The van der Waals surface area contributed by atoms with E-state index in [4.69, 9.17) is 5.11 Å². The van der Waals surface area contributed by atoms with Crippen molar-refractivity contribution in [2.45, 2.75) is 45.1 Å². The number of halogens is 3. The Hall–Kier alpha value is -1.04. The summed E-state index contributed by atoms with van der Waals surface area (Å²) in [4.78, 5) is 11.2. The molecule has 0 radical (unpaired) electrons. The predicted octanol–water partition coefficient (Wildman–Crippen LogP) is 2.20. The van der Waals surface area contributed by atoms with Gasteiger partial charge in [0.1, 0.15) is 0 Å². The van der Waals surface area contributed by atoms with Crippen molar-refractivity contribution in [1.29, 1.82) is 0 Å². The van der Waals surface area contributed by atoms with Crippen molar-refractivity contribution < 1.29 is 27.8 Å². The van der Waals surface area contributed by atoms with Gasteiger partial charge in [-0.3, -0.25) is 0 Å². The molecule has 0 amide bonds. The van der Waals surface area contributed by atoms with Crippen LogP contribution < -0.4 is 0 Å². The summed E-state index contributed by atoms with van der Waals surface area (Å²) in [6, 6.07) is 0. The highest BCUT2D eigenvalue weighted by Crippen LogP contribution is 2.34. The molecule has 0 aliphatic rings. The molecule has 0 saturated heterocycles. The van der Waals surface area contributed by atoms with E-state index in [2.05, 4.69) is 11.3 Å². The molecule has 0 saturated carbocycles. The highest BCUT2D eigenvalue weighted by Gasteiger charge is 2.50. The Morgan fingerprint density at radius 1 is 1.44 bits per heavy atom. The van der Waals surface area contributed by atoms with Gasteiger partial charge < -0.3 is 9.84 Å². The lowest BCUT2D eigenvalue weighted by Gasteiger charge is -2.26. The third-order valence-electron chi connectivity index (χ3n) is 1.80. The molecule has 3 nitrogen and oxygen atoms in total. The van der Waals surface area contributed by atoms with Gasteiger partial charge in [0, 0.05) is 12.0 Å². The van der Waals surface area contributed by atoms with Crippen molar-refractivity contribution in [3.8, 4) is 0 Å². The molecule has 0 aromatic rings. The number of carbonyl (C=O) groups is 1. The van der Waals surface area contributed by atoms with Crippen LogP contribution in [0, 0.1) is 0 Å². The molecule has 1 unspecified atom stereocenters. The number of ether oxygens (including phenoxy) is 1. The van der Waals surface area contributed by atoms with E-state index in [1.54, 1.807) is 13.8 Å². The van der Waals surface area contributed by atoms with Crippen molar-refractivity contribution >= 4 is 5.97 Å². The maximum atomic E-state index is 12.3. The fraction of sp³-hybridized carbons (Fsp3) is 0.700. The average Bonchev–Trinajstić information content (AvgIpc) is 1.99. The van der Waals surface area contributed by atoms with Gasteiger partial charge in [0.25, 0.3) is 0 Å². The van der Waals surface area contributed by atoms with E-state index in [1.165, 1.54) is 0 Å². The van der Waals surface area contributed by atoms with E-state index >= 15 is 0 Å². The van der Waals surface area contributed by atoms with Gasteiger partial charge in [-0.1, -0.05) is 6.58 Å². The summed E-state index contributed by atoms with van der Waals surface area (Å²) in [5.74, 6) is -0.931. The van der Waals surface area contributed by atoms with Crippen molar-refractivity contribution in [3.05, 3.63) is 12.2 Å². The summed E-state index contributed by atoms with van der Waals surface area (Å²) in [6.07, 6.45) is -6.16. The van der Waals surface area contributed by atoms with E-state index in [0.717, 1.165) is 0 Å². The monoisotopic (exact) mass is 240 g/mol. The molecular weight excluding hydrogens is 225 g/mol. The number of rotatable bonds is 4. The highest BCUT2D eigenvalue weighted by atomic mass is 19.4. The largest absolute Gasteiger partial charge is 0.460 e. The fourth-order valence-electron chi connectivity index (χ4n) is 0.885. The first-order valence-corrected chi connectivity index (χ1v) is 4.65. The fourth-order valence-corrected chi connectivity index (χ4v) is 0.885. The molecule has 0 fully saturated rings. The molecule has 16 heavy (non-hydrogen) atoms. The van der Waals surface area contributed by atoms with Crippen LogP contribution in [0.2, 0.25) is 0 Å². The Bertz CT molecular complexity index is 280. The molecule has 0 heterocycles. The third kappa shape index (κ3) is 4.22. The highest BCUT2D eigenvalue weighted by molar-refractivity contribution is 5.88. The molecule has 1 atom stereocenters. The van der Waals surface area contributed by atoms with Gasteiger partial charge in [-0.25, -0.2) is 4.79 Å². The predicted molar refractivity (Wildman–Crippen MR) is 51.7 cm³/mol. The van der Waals surface area contributed by atoms with E-state index in [9.17, 15) is 18.0 Å². The van der Waals surface area contributed by atoms with Crippen LogP contribution in [0.15, 0.2) is 12.2 Å². The van der Waals surface area contributed by atoms with E-state index < -0.39 is 35.8 Å². The summed E-state index contributed by atoms with van der Waals surface area (Å²) < 4.78 is 41.5. The first-order chi connectivity index (χ1) is 6.97. The van der Waals surface area contributed by atoms with Crippen molar-refractivity contribution in [2.24, 2.45) is 0 Å². The van der Waals surface area contributed by atoms with Crippen LogP contribution in [0.5, 0.6) is 0 Å². The van der Waals surface area contributed by atoms with Gasteiger partial charge in [0.05, 0.1) is 6.10 Å². The van der Waals surface area contributed by atoms with Crippen LogP contribution in [0.4, 0.5) is 13.2 Å². The summed E-state index contributed by atoms with van der Waals surface area (Å²) in [6.45, 7) is 6.88. The number of aliphatic hydroxyl groups is 1. The van der Waals surface area contributed by atoms with Crippen LogP contribution in [-0.4, -0.2) is 29.0 Å². The van der Waals surface area contributed by atoms with Gasteiger partial charge in [0.2, 0.25) is 0 Å². The lowest BCUT2D eigenvalue weighted by atomic mass is 9.97. The Kier molecular flexibility index (Phi) is 4.55. The molecule has 0 aromatic carbocycles. The average molecular weight is 240 g/mol. The third-order valence-corrected chi connectivity index (χ3v) is 1.80. The second-order valence-corrected chi connectivity index (χ2v) is 4.01. The lowest BCUT2D eigenvalue weighted by Crippen LogP contribution is -2.43. The van der Waals surface area contributed by atoms with Gasteiger partial charge >= 0.3 is 12.1 Å². The topological polar surface area (TPSA) is 46.5 Å². The molecule has 0 spiro atoms. The standard InChI is InChI=1S/C10H15F3O3/c1-6(2)16-8(14)7(3)5-9(4,15)10(11,12)13/h6,15H,3,5H2,1-2,4H3. The van der Waals surface area contributed by atoms with Gasteiger partial charge in [-0.2, -0.15) is 13.2 Å². The Morgan fingerprint density at radius 2 is 1.88 bits per heavy atom. The molecule has 0 rings (SSSR count). The van der Waals surface area contributed by atoms with Crippen LogP contribution in [0.25, 0.3) is 0 Å². The van der Waals surface area contributed by atoms with Crippen LogP contribution in [0.3, 0.4) is 0 Å². The molecule has 0 bridgehead atoms. The van der Waals surface area contributed by atoms with Gasteiger partial charge in [-0.15, -0.1) is 0 Å². The molecular formula is C10H15F3O3. The Balaban J connectivity index is 4.52. The van der Waals surface area contributed by atoms with Crippen LogP contribution in [0.1, 0.15) is 27.2 Å². The normalized spacial score (nSPS) is 15.8. The van der Waals surface area contributed by atoms with Crippen molar-refractivity contribution in [1.82, 2.24) is 0 Å². The number of alkyl halides is 3. The summed E-state index contributed by atoms with van der Waals surface area (Å²) >= 11 is 0. The first kappa shape index (κ1) is 15.0. The smallest absolute Gasteiger partial charge is 0.417 e. The van der Waals surface area contributed by atoms with Gasteiger partial charge in [-0.05, 0) is 20.8 Å². The van der Waals surface area contributed by atoms with E-state index in [-0.39, 0.29) is 0 Å². The maximum Gasteiger partial charge on any atom is 0.417 e. The quantitative estimate of drug-likeness (QED) is 0.605. The summed E-state index contributed by atoms with van der Waals surface area (Å²) in [5, 5.41) is 9.11. The first-order valence-electron chi connectivity index (χ1n) is 4.65. The Morgan fingerprint density at radius 3 is 2.19 bits per heavy atom. The number of carbonyl (C=O) groups excluding carboxylic acids is 1. The minimum Gasteiger partial charge on any atom is -0.460 e. The van der Waals surface area contributed by atoms with Crippen LogP contribution >= 0.6 is 0 Å². The van der Waals surface area contributed by atoms with Crippen molar-refractivity contribution in [2.75, 3.05) is 0 Å². The minimum atomic E-state index is -4.81. The summed E-state index contributed by atoms with van der Waals surface area (Å²) in [7, 11) is 0. The lowest BCUT2D eigenvalue weighted by molar-refractivity contribution is -0.252. The molecule has 0 aromatic heterocycles. The maximum absolute atomic E-state index is 12.3. The van der Waals surface area contributed by atoms with Crippen LogP contribution in [-0.2, 0) is 9.53 Å². The molecule has 1 N–H and O–H groups in total. The molecule has 94 valence electrons. The molecule has 0 aliphatic heterocycles.